The molecule has 2 N–H and O–H groups in total. The van der Waals surface area contributed by atoms with Gasteiger partial charge >= 0.3 is 0 Å². The van der Waals surface area contributed by atoms with E-state index < -0.39 is 0 Å². The fourth-order valence-electron chi connectivity index (χ4n) is 2.67. The Bertz CT molecular complexity index is 529. The second-order valence-corrected chi connectivity index (χ2v) is 6.48. The monoisotopic (exact) mass is 296 g/mol. The van der Waals surface area contributed by atoms with Gasteiger partial charge in [0.15, 0.2) is 0 Å². The molecule has 1 heterocycles. The van der Waals surface area contributed by atoms with Crippen LogP contribution in [0.5, 0.6) is 5.75 Å². The molecular weight excluding hydrogens is 276 g/mol. The highest BCUT2D eigenvalue weighted by Crippen LogP contribution is 2.33. The summed E-state index contributed by atoms with van der Waals surface area (Å²) in [6.45, 7) is 5.88. The van der Waals surface area contributed by atoms with Gasteiger partial charge in [0.25, 0.3) is 5.91 Å². The van der Waals surface area contributed by atoms with Gasteiger partial charge < -0.3 is 15.4 Å². The minimum atomic E-state index is -0.0449. The van der Waals surface area contributed by atoms with Gasteiger partial charge in [-0.2, -0.15) is 0 Å². The number of anilines is 1. The van der Waals surface area contributed by atoms with Crippen molar-refractivity contribution in [1.82, 2.24) is 4.90 Å². The first-order valence-electron chi connectivity index (χ1n) is 6.76. The van der Waals surface area contributed by atoms with Crippen LogP contribution in [-0.2, 0) is 0 Å². The second kappa shape index (κ2) is 5.52. The third kappa shape index (κ3) is 3.01. The van der Waals surface area contributed by atoms with Gasteiger partial charge in [0.1, 0.15) is 5.75 Å². The number of amides is 1. The molecule has 0 spiro atoms. The lowest BCUT2D eigenvalue weighted by Gasteiger charge is -2.38. The molecule has 1 aromatic rings. The van der Waals surface area contributed by atoms with Crippen LogP contribution < -0.4 is 10.5 Å². The summed E-state index contributed by atoms with van der Waals surface area (Å²) in [5.74, 6) is 0.428. The number of hydrogen-bond acceptors (Lipinski definition) is 3. The molecule has 0 radical (unpaired) electrons. The quantitative estimate of drug-likeness (QED) is 0.853. The van der Waals surface area contributed by atoms with Gasteiger partial charge in [-0.3, -0.25) is 4.79 Å². The largest absolute Gasteiger partial charge is 0.496 e. The number of piperidine rings is 1. The average molecular weight is 297 g/mol. The topological polar surface area (TPSA) is 55.6 Å². The van der Waals surface area contributed by atoms with Gasteiger partial charge in [-0.05, 0) is 24.3 Å². The van der Waals surface area contributed by atoms with Crippen molar-refractivity contribution >= 4 is 23.2 Å². The molecular formula is C15H21ClN2O2. The Hall–Kier alpha value is -1.42. The van der Waals surface area contributed by atoms with E-state index in [1.54, 1.807) is 12.1 Å². The van der Waals surface area contributed by atoms with E-state index in [9.17, 15) is 4.79 Å². The normalized spacial score (nSPS) is 17.9. The first-order valence-corrected chi connectivity index (χ1v) is 7.14. The van der Waals surface area contributed by atoms with Crippen LogP contribution in [0.4, 0.5) is 5.69 Å². The maximum absolute atomic E-state index is 12.7. The summed E-state index contributed by atoms with van der Waals surface area (Å²) in [5.41, 5.74) is 6.79. The molecule has 0 aromatic heterocycles. The van der Waals surface area contributed by atoms with Crippen LogP contribution in [0.3, 0.4) is 0 Å². The van der Waals surface area contributed by atoms with Gasteiger partial charge in [0, 0.05) is 19.2 Å². The Labute approximate surface area is 124 Å². The Morgan fingerprint density at radius 3 is 2.75 bits per heavy atom. The van der Waals surface area contributed by atoms with E-state index >= 15 is 0 Å². The molecule has 2 rings (SSSR count). The molecule has 1 aliphatic heterocycles. The van der Waals surface area contributed by atoms with Gasteiger partial charge in [-0.1, -0.05) is 25.4 Å². The van der Waals surface area contributed by atoms with Crippen LogP contribution in [0.15, 0.2) is 12.1 Å². The van der Waals surface area contributed by atoms with Gasteiger partial charge in [0.05, 0.1) is 23.4 Å². The number of ether oxygens (including phenoxy) is 1. The van der Waals surface area contributed by atoms with Crippen LogP contribution in [0.25, 0.3) is 0 Å². The number of carbonyl (C=O) groups excluding carboxylic acids is 1. The predicted molar refractivity (Wildman–Crippen MR) is 81.3 cm³/mol. The molecule has 1 aromatic carbocycles. The molecule has 0 bridgehead atoms. The van der Waals surface area contributed by atoms with Crippen LogP contribution in [0.1, 0.15) is 37.0 Å². The van der Waals surface area contributed by atoms with Crippen molar-refractivity contribution in [2.24, 2.45) is 5.41 Å². The van der Waals surface area contributed by atoms with E-state index in [1.165, 1.54) is 7.11 Å². The Kier molecular flexibility index (Phi) is 4.14. The summed E-state index contributed by atoms with van der Waals surface area (Å²) >= 11 is 6.03. The Balaban J connectivity index is 2.31. The molecule has 0 saturated carbocycles. The smallest absolute Gasteiger partial charge is 0.257 e. The summed E-state index contributed by atoms with van der Waals surface area (Å²) in [5, 5.41) is 0.380. The minimum Gasteiger partial charge on any atom is -0.496 e. The Morgan fingerprint density at radius 2 is 2.15 bits per heavy atom. The van der Waals surface area contributed by atoms with Crippen LogP contribution in [-0.4, -0.2) is 31.0 Å². The molecule has 4 nitrogen and oxygen atoms in total. The number of halogens is 1. The highest BCUT2D eigenvalue weighted by molar-refractivity contribution is 6.33. The summed E-state index contributed by atoms with van der Waals surface area (Å²) in [6.07, 6.45) is 2.15. The lowest BCUT2D eigenvalue weighted by Crippen LogP contribution is -2.43. The third-order valence-electron chi connectivity index (χ3n) is 3.74. The molecule has 110 valence electrons. The van der Waals surface area contributed by atoms with Crippen molar-refractivity contribution in [3.05, 3.63) is 22.7 Å². The molecule has 5 heteroatoms. The highest BCUT2D eigenvalue weighted by Gasteiger charge is 2.30. The first-order chi connectivity index (χ1) is 9.34. The van der Waals surface area contributed by atoms with Crippen molar-refractivity contribution in [1.29, 1.82) is 0 Å². The van der Waals surface area contributed by atoms with E-state index in [4.69, 9.17) is 22.1 Å². The predicted octanol–water partition coefficient (Wildman–Crippen LogP) is 3.19. The lowest BCUT2D eigenvalue weighted by atomic mass is 9.84. The van der Waals surface area contributed by atoms with E-state index in [0.29, 0.717) is 22.0 Å². The average Bonchev–Trinajstić information content (AvgIpc) is 2.39. The van der Waals surface area contributed by atoms with Gasteiger partial charge in [-0.15, -0.1) is 0 Å². The molecule has 0 atom stereocenters. The molecule has 0 aliphatic carbocycles. The van der Waals surface area contributed by atoms with Gasteiger partial charge in [-0.25, -0.2) is 0 Å². The van der Waals surface area contributed by atoms with E-state index in [-0.39, 0.29) is 11.3 Å². The molecule has 1 amide bonds. The van der Waals surface area contributed by atoms with Crippen molar-refractivity contribution in [2.45, 2.75) is 26.7 Å². The van der Waals surface area contributed by atoms with Crippen molar-refractivity contribution in [2.75, 3.05) is 25.9 Å². The number of carbonyl (C=O) groups is 1. The molecule has 1 fully saturated rings. The maximum atomic E-state index is 12.7. The first kappa shape index (κ1) is 15.0. The molecule has 20 heavy (non-hydrogen) atoms. The van der Waals surface area contributed by atoms with E-state index in [2.05, 4.69) is 13.8 Å². The number of nitrogens with two attached hydrogens (primary N) is 1. The standard InChI is InChI=1S/C15H21ClN2O2/c1-15(2)5-4-6-18(9-15)14(19)10-7-11(16)12(17)8-13(10)20-3/h7-8H,4-6,9,17H2,1-3H3. The van der Waals surface area contributed by atoms with Crippen molar-refractivity contribution < 1.29 is 9.53 Å². The number of rotatable bonds is 2. The van der Waals surface area contributed by atoms with Crippen molar-refractivity contribution in [3.8, 4) is 5.75 Å². The van der Waals surface area contributed by atoms with Crippen LogP contribution in [0, 0.1) is 5.41 Å². The fourth-order valence-corrected chi connectivity index (χ4v) is 2.84. The fraction of sp³-hybridized carbons (Fsp3) is 0.533. The lowest BCUT2D eigenvalue weighted by molar-refractivity contribution is 0.0580. The number of methoxy groups -OCH3 is 1. The maximum Gasteiger partial charge on any atom is 0.257 e. The number of nitrogen functional groups attached to an aromatic ring is 1. The van der Waals surface area contributed by atoms with Crippen molar-refractivity contribution in [3.63, 3.8) is 0 Å². The number of likely N-dealkylation sites (tertiary alicyclic amines) is 1. The zero-order valence-corrected chi connectivity index (χ0v) is 13.0. The van der Waals surface area contributed by atoms with E-state index in [1.807, 2.05) is 4.90 Å². The third-order valence-corrected chi connectivity index (χ3v) is 4.06. The summed E-state index contributed by atoms with van der Waals surface area (Å²) in [7, 11) is 1.53. The molecule has 0 unspecified atom stereocenters. The summed E-state index contributed by atoms with van der Waals surface area (Å²) in [6, 6.07) is 3.20. The SMILES string of the molecule is COc1cc(N)c(Cl)cc1C(=O)N1CCCC(C)(C)C1. The minimum absolute atomic E-state index is 0.0449. The number of hydrogen-bond donors (Lipinski definition) is 1. The molecule has 1 aliphatic rings. The summed E-state index contributed by atoms with van der Waals surface area (Å²) in [4.78, 5) is 14.5. The molecule has 1 saturated heterocycles. The summed E-state index contributed by atoms with van der Waals surface area (Å²) < 4.78 is 5.26. The highest BCUT2D eigenvalue weighted by atomic mass is 35.5. The van der Waals surface area contributed by atoms with Crippen LogP contribution >= 0.6 is 11.6 Å². The zero-order valence-electron chi connectivity index (χ0n) is 12.2. The Morgan fingerprint density at radius 1 is 1.45 bits per heavy atom. The van der Waals surface area contributed by atoms with Crippen LogP contribution in [0.2, 0.25) is 5.02 Å². The van der Waals surface area contributed by atoms with Gasteiger partial charge in [0.2, 0.25) is 0 Å². The zero-order chi connectivity index (χ0) is 14.9. The van der Waals surface area contributed by atoms with E-state index in [0.717, 1.165) is 25.9 Å². The second-order valence-electron chi connectivity index (χ2n) is 6.07. The number of benzene rings is 1. The number of nitrogens with zero attached hydrogens (tertiary/aromatic N) is 1.